The Morgan fingerprint density at radius 2 is 1.91 bits per heavy atom. The standard InChI is InChI=1S/C15H14N4O3S/c1-23(20,21)14-4-2-3-12(7-14)9-22-13-5-6-15(16-8-13)19-10-17-18-11-19/h2-8,10-11H,9H2,1H3. The summed E-state index contributed by atoms with van der Waals surface area (Å²) >= 11 is 0. The molecule has 0 atom stereocenters. The van der Waals surface area contributed by atoms with Crippen molar-refractivity contribution in [1.29, 1.82) is 0 Å². The molecule has 3 aromatic rings. The van der Waals surface area contributed by atoms with Crippen LogP contribution in [0.5, 0.6) is 5.75 Å². The minimum atomic E-state index is -3.22. The van der Waals surface area contributed by atoms with Crippen molar-refractivity contribution in [3.63, 3.8) is 0 Å². The summed E-state index contributed by atoms with van der Waals surface area (Å²) in [5.74, 6) is 1.27. The Balaban J connectivity index is 1.69. The van der Waals surface area contributed by atoms with E-state index in [1.807, 2.05) is 6.07 Å². The van der Waals surface area contributed by atoms with E-state index >= 15 is 0 Å². The van der Waals surface area contributed by atoms with Gasteiger partial charge in [0.25, 0.3) is 0 Å². The average Bonchev–Trinajstić information content (AvgIpc) is 3.07. The fourth-order valence-corrected chi connectivity index (χ4v) is 2.65. The highest BCUT2D eigenvalue weighted by atomic mass is 32.2. The minimum absolute atomic E-state index is 0.261. The Kier molecular flexibility index (Phi) is 4.07. The van der Waals surface area contributed by atoms with Crippen LogP contribution in [-0.2, 0) is 16.4 Å². The van der Waals surface area contributed by atoms with Gasteiger partial charge in [0, 0.05) is 6.26 Å². The topological polar surface area (TPSA) is 87.0 Å². The molecule has 0 aliphatic heterocycles. The fraction of sp³-hybridized carbons (Fsp3) is 0.133. The van der Waals surface area contributed by atoms with Gasteiger partial charge in [-0.1, -0.05) is 12.1 Å². The fourth-order valence-electron chi connectivity index (χ4n) is 1.96. The van der Waals surface area contributed by atoms with E-state index in [1.54, 1.807) is 53.8 Å². The average molecular weight is 330 g/mol. The SMILES string of the molecule is CS(=O)(=O)c1cccc(COc2ccc(-n3cnnc3)nc2)c1. The number of pyridine rings is 1. The third kappa shape index (κ3) is 3.72. The third-order valence-electron chi connectivity index (χ3n) is 3.14. The lowest BCUT2D eigenvalue weighted by Crippen LogP contribution is -2.01. The molecule has 0 aliphatic carbocycles. The molecule has 0 aliphatic rings. The van der Waals surface area contributed by atoms with Crippen LogP contribution in [0.4, 0.5) is 0 Å². The van der Waals surface area contributed by atoms with Gasteiger partial charge in [0.1, 0.15) is 30.8 Å². The van der Waals surface area contributed by atoms with E-state index in [0.29, 0.717) is 11.6 Å². The molecule has 1 aromatic carbocycles. The molecular formula is C15H14N4O3S. The van der Waals surface area contributed by atoms with Gasteiger partial charge >= 0.3 is 0 Å². The van der Waals surface area contributed by atoms with Gasteiger partial charge in [-0.05, 0) is 29.8 Å². The monoisotopic (exact) mass is 330 g/mol. The highest BCUT2D eigenvalue weighted by molar-refractivity contribution is 7.90. The van der Waals surface area contributed by atoms with E-state index in [-0.39, 0.29) is 11.5 Å². The second-order valence-corrected chi connectivity index (χ2v) is 6.95. The zero-order valence-electron chi connectivity index (χ0n) is 12.3. The van der Waals surface area contributed by atoms with Crippen molar-refractivity contribution in [3.05, 3.63) is 60.8 Å². The largest absolute Gasteiger partial charge is 0.487 e. The van der Waals surface area contributed by atoms with Gasteiger partial charge in [-0.25, -0.2) is 13.4 Å². The summed E-state index contributed by atoms with van der Waals surface area (Å²) in [6.45, 7) is 0.261. The van der Waals surface area contributed by atoms with E-state index in [2.05, 4.69) is 15.2 Å². The second kappa shape index (κ2) is 6.17. The van der Waals surface area contributed by atoms with E-state index in [1.165, 1.54) is 6.26 Å². The Morgan fingerprint density at radius 3 is 2.57 bits per heavy atom. The zero-order chi connectivity index (χ0) is 16.3. The molecule has 3 rings (SSSR count). The summed E-state index contributed by atoms with van der Waals surface area (Å²) in [6.07, 6.45) is 5.88. The van der Waals surface area contributed by atoms with Gasteiger partial charge in [0.2, 0.25) is 0 Å². The van der Waals surface area contributed by atoms with Crippen LogP contribution < -0.4 is 4.74 Å². The van der Waals surface area contributed by atoms with Crippen LogP contribution in [0.25, 0.3) is 5.82 Å². The van der Waals surface area contributed by atoms with Crippen molar-refractivity contribution in [2.75, 3.05) is 6.26 Å². The van der Waals surface area contributed by atoms with Crippen LogP contribution in [0, 0.1) is 0 Å². The number of ether oxygens (including phenoxy) is 1. The first-order valence-corrected chi connectivity index (χ1v) is 8.64. The maximum Gasteiger partial charge on any atom is 0.175 e. The minimum Gasteiger partial charge on any atom is -0.487 e. The van der Waals surface area contributed by atoms with Crippen LogP contribution in [0.3, 0.4) is 0 Å². The van der Waals surface area contributed by atoms with Crippen molar-refractivity contribution in [2.24, 2.45) is 0 Å². The Hall–Kier alpha value is -2.74. The summed E-state index contributed by atoms with van der Waals surface area (Å²) in [4.78, 5) is 4.53. The van der Waals surface area contributed by atoms with Crippen molar-refractivity contribution in [3.8, 4) is 11.6 Å². The molecule has 118 valence electrons. The number of hydrogen-bond donors (Lipinski definition) is 0. The van der Waals surface area contributed by atoms with Crippen LogP contribution in [0.15, 0.2) is 60.1 Å². The van der Waals surface area contributed by atoms with Crippen molar-refractivity contribution >= 4 is 9.84 Å². The van der Waals surface area contributed by atoms with Gasteiger partial charge in [0.15, 0.2) is 9.84 Å². The van der Waals surface area contributed by atoms with Crippen LogP contribution in [0.2, 0.25) is 0 Å². The number of rotatable bonds is 5. The smallest absolute Gasteiger partial charge is 0.175 e. The summed E-state index contributed by atoms with van der Waals surface area (Å²) in [7, 11) is -3.22. The highest BCUT2D eigenvalue weighted by Gasteiger charge is 2.07. The van der Waals surface area contributed by atoms with Gasteiger partial charge in [0.05, 0.1) is 11.1 Å². The van der Waals surface area contributed by atoms with Crippen molar-refractivity contribution in [2.45, 2.75) is 11.5 Å². The molecule has 8 heteroatoms. The quantitative estimate of drug-likeness (QED) is 0.707. The summed E-state index contributed by atoms with van der Waals surface area (Å²) < 4.78 is 30.4. The molecule has 2 heterocycles. The Morgan fingerprint density at radius 1 is 1.13 bits per heavy atom. The normalized spacial score (nSPS) is 11.3. The number of aromatic nitrogens is 4. The molecule has 0 saturated heterocycles. The first-order chi connectivity index (χ1) is 11.0. The molecule has 0 amide bonds. The Labute approximate surface area is 133 Å². The summed E-state index contributed by atoms with van der Waals surface area (Å²) in [5.41, 5.74) is 0.774. The van der Waals surface area contributed by atoms with E-state index in [0.717, 1.165) is 5.56 Å². The lowest BCUT2D eigenvalue weighted by atomic mass is 10.2. The maximum absolute atomic E-state index is 11.5. The summed E-state index contributed by atoms with van der Waals surface area (Å²) in [6, 6.07) is 10.2. The molecule has 2 aromatic heterocycles. The molecule has 23 heavy (non-hydrogen) atoms. The predicted octanol–water partition coefficient (Wildman–Crippen LogP) is 1.64. The molecule has 7 nitrogen and oxygen atoms in total. The van der Waals surface area contributed by atoms with E-state index in [9.17, 15) is 8.42 Å². The number of nitrogens with zero attached hydrogens (tertiary/aromatic N) is 4. The van der Waals surface area contributed by atoms with E-state index in [4.69, 9.17) is 4.74 Å². The molecule has 0 spiro atoms. The first-order valence-electron chi connectivity index (χ1n) is 6.75. The van der Waals surface area contributed by atoms with Crippen LogP contribution >= 0.6 is 0 Å². The zero-order valence-corrected chi connectivity index (χ0v) is 13.1. The molecule has 0 radical (unpaired) electrons. The van der Waals surface area contributed by atoms with Crippen LogP contribution in [-0.4, -0.2) is 34.4 Å². The third-order valence-corrected chi connectivity index (χ3v) is 4.25. The molecule has 0 N–H and O–H groups in total. The van der Waals surface area contributed by atoms with Crippen LogP contribution in [0.1, 0.15) is 5.56 Å². The number of hydrogen-bond acceptors (Lipinski definition) is 6. The predicted molar refractivity (Wildman–Crippen MR) is 83.0 cm³/mol. The Bertz CT molecular complexity index is 891. The van der Waals surface area contributed by atoms with Gasteiger partial charge in [-0.2, -0.15) is 0 Å². The molecular weight excluding hydrogens is 316 g/mol. The highest BCUT2D eigenvalue weighted by Crippen LogP contribution is 2.16. The maximum atomic E-state index is 11.5. The van der Waals surface area contributed by atoms with Gasteiger partial charge < -0.3 is 4.74 Å². The number of sulfone groups is 1. The van der Waals surface area contributed by atoms with E-state index < -0.39 is 9.84 Å². The lowest BCUT2D eigenvalue weighted by molar-refractivity contribution is 0.304. The lowest BCUT2D eigenvalue weighted by Gasteiger charge is -2.08. The van der Waals surface area contributed by atoms with Gasteiger partial charge in [-0.3, -0.25) is 4.57 Å². The van der Waals surface area contributed by atoms with Crippen molar-refractivity contribution < 1.29 is 13.2 Å². The second-order valence-electron chi connectivity index (χ2n) is 4.93. The first kappa shape index (κ1) is 15.2. The molecule has 0 saturated carbocycles. The molecule has 0 unspecified atom stereocenters. The van der Waals surface area contributed by atoms with Crippen molar-refractivity contribution in [1.82, 2.24) is 19.7 Å². The summed E-state index contributed by atoms with van der Waals surface area (Å²) in [5, 5.41) is 7.44. The molecule has 0 bridgehead atoms. The van der Waals surface area contributed by atoms with Gasteiger partial charge in [-0.15, -0.1) is 10.2 Å². The number of benzene rings is 1. The molecule has 0 fully saturated rings.